The number of nitrogens with one attached hydrogen (secondary N) is 1. The van der Waals surface area contributed by atoms with Crippen LogP contribution in [0, 0.1) is 11.7 Å². The maximum absolute atomic E-state index is 13.2. The summed E-state index contributed by atoms with van der Waals surface area (Å²) in [4.78, 5) is 14.4. The van der Waals surface area contributed by atoms with Crippen molar-refractivity contribution in [3.63, 3.8) is 0 Å². The molecule has 1 amide bonds. The largest absolute Gasteiger partial charge is 0.339 e. The summed E-state index contributed by atoms with van der Waals surface area (Å²) in [6.07, 6.45) is 2.91. The molecule has 1 aromatic carbocycles. The highest BCUT2D eigenvalue weighted by atomic mass is 19.1. The van der Waals surface area contributed by atoms with Crippen LogP contribution in [0.1, 0.15) is 25.3 Å². The summed E-state index contributed by atoms with van der Waals surface area (Å²) >= 11 is 0. The van der Waals surface area contributed by atoms with Gasteiger partial charge in [-0.3, -0.25) is 4.79 Å². The van der Waals surface area contributed by atoms with Gasteiger partial charge in [0, 0.05) is 25.0 Å². The maximum Gasteiger partial charge on any atom is 0.226 e. The van der Waals surface area contributed by atoms with Gasteiger partial charge in [-0.1, -0.05) is 19.1 Å². The first-order valence-corrected chi connectivity index (χ1v) is 7.31. The van der Waals surface area contributed by atoms with Crippen LogP contribution in [0.5, 0.6) is 0 Å². The van der Waals surface area contributed by atoms with Gasteiger partial charge in [0.25, 0.3) is 0 Å². The third-order valence-electron chi connectivity index (χ3n) is 3.73. The third-order valence-corrected chi connectivity index (χ3v) is 3.73. The number of amides is 1. The number of hydrogen-bond donors (Lipinski definition) is 1. The highest BCUT2D eigenvalue weighted by Crippen LogP contribution is 2.28. The standard InChI is InChI=1S/C16H23FN2O/c1-12(11-18-2)16(20)19(15-6-7-15)9-8-13-4-3-5-14(17)10-13/h3-5,10,12,15,18H,6-9,11H2,1-2H3. The normalized spacial score (nSPS) is 15.9. The van der Waals surface area contributed by atoms with Gasteiger partial charge in [0.1, 0.15) is 5.82 Å². The number of rotatable bonds is 7. The summed E-state index contributed by atoms with van der Waals surface area (Å²) < 4.78 is 13.2. The molecule has 1 aliphatic rings. The van der Waals surface area contributed by atoms with E-state index in [1.54, 1.807) is 12.1 Å². The molecule has 1 unspecified atom stereocenters. The molecule has 110 valence electrons. The Morgan fingerprint density at radius 2 is 2.25 bits per heavy atom. The fourth-order valence-corrected chi connectivity index (χ4v) is 2.48. The van der Waals surface area contributed by atoms with Crippen molar-refractivity contribution >= 4 is 5.91 Å². The van der Waals surface area contributed by atoms with E-state index in [0.717, 1.165) is 18.4 Å². The maximum atomic E-state index is 13.2. The van der Waals surface area contributed by atoms with Crippen molar-refractivity contribution < 1.29 is 9.18 Å². The van der Waals surface area contributed by atoms with E-state index in [4.69, 9.17) is 0 Å². The van der Waals surface area contributed by atoms with E-state index in [0.29, 0.717) is 25.6 Å². The number of hydrogen-bond acceptors (Lipinski definition) is 2. The van der Waals surface area contributed by atoms with Crippen molar-refractivity contribution in [3.8, 4) is 0 Å². The fourth-order valence-electron chi connectivity index (χ4n) is 2.48. The van der Waals surface area contributed by atoms with Crippen LogP contribution in [0.15, 0.2) is 24.3 Å². The van der Waals surface area contributed by atoms with Crippen LogP contribution in [0.4, 0.5) is 4.39 Å². The monoisotopic (exact) mass is 278 g/mol. The Balaban J connectivity index is 1.94. The van der Waals surface area contributed by atoms with E-state index in [-0.39, 0.29) is 17.6 Å². The summed E-state index contributed by atoms with van der Waals surface area (Å²) in [6.45, 7) is 3.33. The van der Waals surface area contributed by atoms with Crippen LogP contribution in [0.25, 0.3) is 0 Å². The Morgan fingerprint density at radius 3 is 2.85 bits per heavy atom. The average Bonchev–Trinajstić information content (AvgIpc) is 3.24. The molecular formula is C16H23FN2O. The van der Waals surface area contributed by atoms with Gasteiger partial charge in [-0.15, -0.1) is 0 Å². The minimum atomic E-state index is -0.213. The van der Waals surface area contributed by atoms with Gasteiger partial charge >= 0.3 is 0 Å². The van der Waals surface area contributed by atoms with Gasteiger partial charge in [0.05, 0.1) is 0 Å². The summed E-state index contributed by atoms with van der Waals surface area (Å²) in [6, 6.07) is 7.03. The Labute approximate surface area is 120 Å². The molecule has 0 radical (unpaired) electrons. The van der Waals surface area contributed by atoms with Crippen molar-refractivity contribution in [2.75, 3.05) is 20.1 Å². The Kier molecular flexibility index (Phi) is 5.12. The smallest absolute Gasteiger partial charge is 0.226 e. The van der Waals surface area contributed by atoms with Crippen molar-refractivity contribution in [2.24, 2.45) is 5.92 Å². The van der Waals surface area contributed by atoms with E-state index in [1.807, 2.05) is 24.9 Å². The topological polar surface area (TPSA) is 32.3 Å². The van der Waals surface area contributed by atoms with Crippen LogP contribution < -0.4 is 5.32 Å². The van der Waals surface area contributed by atoms with Crippen LogP contribution in [-0.2, 0) is 11.2 Å². The number of nitrogens with zero attached hydrogens (tertiary/aromatic N) is 1. The van der Waals surface area contributed by atoms with Gasteiger partial charge in [0.15, 0.2) is 0 Å². The van der Waals surface area contributed by atoms with Crippen LogP contribution in [0.3, 0.4) is 0 Å². The van der Waals surface area contributed by atoms with E-state index in [2.05, 4.69) is 5.32 Å². The van der Waals surface area contributed by atoms with E-state index in [9.17, 15) is 9.18 Å². The molecule has 3 nitrogen and oxygen atoms in total. The zero-order valence-electron chi connectivity index (χ0n) is 12.2. The quantitative estimate of drug-likeness (QED) is 0.829. The molecular weight excluding hydrogens is 255 g/mol. The molecule has 1 fully saturated rings. The van der Waals surface area contributed by atoms with Crippen LogP contribution in [-0.4, -0.2) is 37.0 Å². The number of halogens is 1. The summed E-state index contributed by atoms with van der Waals surface area (Å²) in [5.74, 6) is -0.0123. The van der Waals surface area contributed by atoms with Gasteiger partial charge in [-0.25, -0.2) is 4.39 Å². The summed E-state index contributed by atoms with van der Waals surface area (Å²) in [5, 5.41) is 3.05. The highest BCUT2D eigenvalue weighted by Gasteiger charge is 2.33. The molecule has 0 spiro atoms. The first-order valence-electron chi connectivity index (χ1n) is 7.31. The SMILES string of the molecule is CNCC(C)C(=O)N(CCc1cccc(F)c1)C1CC1. The number of carbonyl (C=O) groups excluding carboxylic acids is 1. The predicted octanol–water partition coefficient (Wildman–Crippen LogP) is 2.21. The molecule has 20 heavy (non-hydrogen) atoms. The van der Waals surface area contributed by atoms with Crippen molar-refractivity contribution in [1.29, 1.82) is 0 Å². The number of carbonyl (C=O) groups is 1. The Hall–Kier alpha value is -1.42. The Morgan fingerprint density at radius 1 is 1.50 bits per heavy atom. The summed E-state index contributed by atoms with van der Waals surface area (Å²) in [7, 11) is 1.86. The highest BCUT2D eigenvalue weighted by molar-refractivity contribution is 5.79. The second kappa shape index (κ2) is 6.84. The molecule has 1 atom stereocenters. The lowest BCUT2D eigenvalue weighted by Crippen LogP contribution is -2.41. The number of benzene rings is 1. The minimum Gasteiger partial charge on any atom is -0.339 e. The minimum absolute atomic E-state index is 0.00638. The van der Waals surface area contributed by atoms with E-state index in [1.165, 1.54) is 6.07 Å². The predicted molar refractivity (Wildman–Crippen MR) is 77.9 cm³/mol. The van der Waals surface area contributed by atoms with Gasteiger partial charge < -0.3 is 10.2 Å². The van der Waals surface area contributed by atoms with Crippen molar-refractivity contribution in [3.05, 3.63) is 35.6 Å². The van der Waals surface area contributed by atoms with Crippen molar-refractivity contribution in [1.82, 2.24) is 10.2 Å². The molecule has 1 N–H and O–H groups in total. The molecule has 0 aliphatic heterocycles. The zero-order chi connectivity index (χ0) is 14.5. The van der Waals surface area contributed by atoms with Crippen molar-refractivity contribution in [2.45, 2.75) is 32.2 Å². The Bertz CT molecular complexity index is 460. The van der Waals surface area contributed by atoms with Gasteiger partial charge in [-0.05, 0) is 44.0 Å². The van der Waals surface area contributed by atoms with Crippen LogP contribution >= 0.6 is 0 Å². The third kappa shape index (κ3) is 4.04. The van der Waals surface area contributed by atoms with Gasteiger partial charge in [0.2, 0.25) is 5.91 Å². The zero-order valence-corrected chi connectivity index (χ0v) is 12.2. The molecule has 0 aromatic heterocycles. The molecule has 2 rings (SSSR count). The molecule has 1 aromatic rings. The molecule has 1 aliphatic carbocycles. The molecule has 0 bridgehead atoms. The van der Waals surface area contributed by atoms with E-state index >= 15 is 0 Å². The second-order valence-corrected chi connectivity index (χ2v) is 5.60. The first-order chi connectivity index (χ1) is 9.61. The lowest BCUT2D eigenvalue weighted by Gasteiger charge is -2.26. The lowest BCUT2D eigenvalue weighted by atomic mass is 10.1. The van der Waals surface area contributed by atoms with Gasteiger partial charge in [-0.2, -0.15) is 0 Å². The fraction of sp³-hybridized carbons (Fsp3) is 0.562. The molecule has 0 heterocycles. The molecule has 4 heteroatoms. The average molecular weight is 278 g/mol. The van der Waals surface area contributed by atoms with E-state index < -0.39 is 0 Å². The second-order valence-electron chi connectivity index (χ2n) is 5.60. The first kappa shape index (κ1) is 15.0. The lowest BCUT2D eigenvalue weighted by molar-refractivity contribution is -0.135. The molecule has 0 saturated heterocycles. The summed E-state index contributed by atoms with van der Waals surface area (Å²) in [5.41, 5.74) is 0.949. The molecule has 1 saturated carbocycles. The van der Waals surface area contributed by atoms with Crippen LogP contribution in [0.2, 0.25) is 0 Å².